The second-order valence-corrected chi connectivity index (χ2v) is 19.2. The van der Waals surface area contributed by atoms with E-state index in [1.165, 1.54) is 25.3 Å². The summed E-state index contributed by atoms with van der Waals surface area (Å²) in [5.41, 5.74) is 20.9. The van der Waals surface area contributed by atoms with E-state index in [1.54, 1.807) is 69.3 Å². The number of hydrogen-bond acceptors (Lipinski definition) is 16. The minimum Gasteiger partial charge on any atom is -0.494 e. The summed E-state index contributed by atoms with van der Waals surface area (Å²) in [6.45, 7) is 16.4. The van der Waals surface area contributed by atoms with Gasteiger partial charge in [-0.2, -0.15) is 10.2 Å². The number of carbonyl (C=O) groups is 6. The van der Waals surface area contributed by atoms with Crippen LogP contribution in [0.2, 0.25) is 0 Å². The van der Waals surface area contributed by atoms with Crippen molar-refractivity contribution < 1.29 is 47.7 Å². The van der Waals surface area contributed by atoms with E-state index in [1.807, 2.05) is 26.0 Å². The molecule has 424 valence electrons. The van der Waals surface area contributed by atoms with Gasteiger partial charge in [0, 0.05) is 96.0 Å². The molecule has 0 saturated carbocycles. The fourth-order valence-electron chi connectivity index (χ4n) is 9.18. The summed E-state index contributed by atoms with van der Waals surface area (Å²) in [7, 11) is 1.45. The van der Waals surface area contributed by atoms with E-state index in [-0.39, 0.29) is 80.5 Å². The van der Waals surface area contributed by atoms with E-state index >= 15 is 0 Å². The summed E-state index contributed by atoms with van der Waals surface area (Å²) in [6, 6.07) is 9.48. The summed E-state index contributed by atoms with van der Waals surface area (Å²) in [6.07, 6.45) is 4.40. The number of nitrogens with two attached hydrogens (primary N) is 3. The molecule has 0 bridgehead atoms. The molecule has 0 radical (unpaired) electrons. The number of aryl methyl sites for hydroxylation is 4. The highest BCUT2D eigenvalue weighted by molar-refractivity contribution is 6.05. The maximum Gasteiger partial charge on any atom is 0.276 e. The van der Waals surface area contributed by atoms with Gasteiger partial charge in [-0.25, -0.2) is 9.97 Å². The number of hydrogen-bond donors (Lipinski definition) is 6. The van der Waals surface area contributed by atoms with E-state index in [2.05, 4.69) is 31.0 Å². The van der Waals surface area contributed by atoms with E-state index < -0.39 is 29.4 Å². The zero-order valence-electron chi connectivity index (χ0n) is 45.9. The van der Waals surface area contributed by atoms with Crippen LogP contribution in [0.25, 0.3) is 22.1 Å². The number of rotatable bonds is 28. The van der Waals surface area contributed by atoms with Crippen LogP contribution in [0.3, 0.4) is 0 Å². The Morgan fingerprint density at radius 3 is 1.72 bits per heavy atom. The third-order valence-electron chi connectivity index (χ3n) is 13.1. The van der Waals surface area contributed by atoms with Crippen molar-refractivity contribution in [2.24, 2.45) is 17.2 Å². The highest BCUT2D eigenvalue weighted by atomic mass is 16.7. The fourth-order valence-corrected chi connectivity index (χ4v) is 9.18. The number of allylic oxidation sites excluding steroid dienone is 2. The van der Waals surface area contributed by atoms with Gasteiger partial charge in [0.25, 0.3) is 11.8 Å². The zero-order chi connectivity index (χ0) is 57.0. The van der Waals surface area contributed by atoms with Crippen LogP contribution in [0.4, 0.5) is 11.9 Å². The van der Waals surface area contributed by atoms with Crippen molar-refractivity contribution in [1.82, 2.24) is 53.8 Å². The van der Waals surface area contributed by atoms with Crippen LogP contribution in [-0.2, 0) is 45.2 Å². The van der Waals surface area contributed by atoms with Crippen molar-refractivity contribution >= 4 is 69.4 Å². The van der Waals surface area contributed by atoms with Crippen LogP contribution in [0.5, 0.6) is 11.5 Å². The predicted molar refractivity (Wildman–Crippen MR) is 294 cm³/mol. The molecule has 1 aliphatic heterocycles. The zero-order valence-corrected chi connectivity index (χ0v) is 45.9. The molecule has 0 atom stereocenters. The molecule has 26 nitrogen and oxygen atoms in total. The number of piperazine rings is 1. The van der Waals surface area contributed by atoms with Crippen LogP contribution < -0.4 is 42.6 Å². The number of carbonyl (C=O) groups excluding carboxylic acids is 6. The molecule has 2 aromatic carbocycles. The molecule has 7 rings (SSSR count). The van der Waals surface area contributed by atoms with E-state index in [9.17, 15) is 28.8 Å². The van der Waals surface area contributed by atoms with Crippen molar-refractivity contribution in [1.29, 1.82) is 0 Å². The summed E-state index contributed by atoms with van der Waals surface area (Å²) >= 11 is 0. The highest BCUT2D eigenvalue weighted by Crippen LogP contribution is 2.33. The lowest BCUT2D eigenvalue weighted by atomic mass is 10.1. The highest BCUT2D eigenvalue weighted by Gasteiger charge is 2.26. The number of primary amides is 2. The normalized spacial score (nSPS) is 13.1. The van der Waals surface area contributed by atoms with Crippen LogP contribution >= 0.6 is 0 Å². The summed E-state index contributed by atoms with van der Waals surface area (Å²) in [5, 5.41) is 17.5. The number of aromatic nitrogens is 8. The molecular weight excluding hydrogens is 1020 g/mol. The first-order valence-electron chi connectivity index (χ1n) is 26.3. The first-order valence-corrected chi connectivity index (χ1v) is 26.3. The van der Waals surface area contributed by atoms with Gasteiger partial charge in [-0.3, -0.25) is 53.7 Å². The minimum absolute atomic E-state index is 0.0659. The predicted octanol–water partition coefficient (Wildman–Crippen LogP) is 2.94. The molecule has 1 saturated heterocycles. The Balaban J connectivity index is 1.07. The van der Waals surface area contributed by atoms with E-state index in [4.69, 9.17) is 46.1 Å². The monoisotopic (exact) mass is 1090 g/mol. The number of nitrogens with one attached hydrogen (secondary N) is 3. The van der Waals surface area contributed by atoms with Crippen molar-refractivity contribution in [3.05, 3.63) is 82.5 Å². The molecule has 0 spiro atoms. The Morgan fingerprint density at radius 2 is 1.22 bits per heavy atom. The lowest BCUT2D eigenvalue weighted by molar-refractivity contribution is -0.210. The number of amides is 6. The maximum absolute atomic E-state index is 14.0. The van der Waals surface area contributed by atoms with Crippen LogP contribution in [0.15, 0.2) is 48.6 Å². The third kappa shape index (κ3) is 14.7. The van der Waals surface area contributed by atoms with Crippen molar-refractivity contribution in [2.45, 2.75) is 92.8 Å². The maximum atomic E-state index is 14.0. The van der Waals surface area contributed by atoms with Crippen LogP contribution in [-0.4, -0.2) is 162 Å². The number of anilines is 2. The first-order chi connectivity index (χ1) is 37.8. The quantitative estimate of drug-likeness (QED) is 0.0234. The fraction of sp³-hybridized carbons (Fsp3) is 0.472. The standard InChI is InChI=1S/C53H72N16O10/c1-8-68-39(27-33(3)62-68)49(74)60-51-58-37-29-35(47(55)72)31-41(76-7)45(37)66(51)18-10-11-19-67-46-38(59-52(67)61-50(75)40-28-34(4)63-69(40)9-2)30-36(48(56)73)32-42(46)77-24-12-17-64-20-22-65(23-21-64)44(71)14-13-43(70)57-16-26-79-53(5,6)78-25-15-54/h10-11,27-32H,8-9,12-26,54H2,1-7H3,(H2,55,72)(H2,56,73)(H,57,70)(H,58,60,74)(H,59,61,75)/b11-10+. The van der Waals surface area contributed by atoms with Gasteiger partial charge >= 0.3 is 0 Å². The van der Waals surface area contributed by atoms with Crippen molar-refractivity contribution in [3.8, 4) is 11.5 Å². The second-order valence-electron chi connectivity index (χ2n) is 19.2. The molecule has 6 amide bonds. The molecule has 4 aromatic heterocycles. The van der Waals surface area contributed by atoms with Gasteiger partial charge in [-0.05, 0) is 84.4 Å². The second kappa shape index (κ2) is 26.4. The summed E-state index contributed by atoms with van der Waals surface area (Å²) < 4.78 is 30.0. The van der Waals surface area contributed by atoms with Crippen LogP contribution in [0, 0.1) is 13.8 Å². The Kier molecular flexibility index (Phi) is 19.6. The molecule has 5 heterocycles. The molecule has 79 heavy (non-hydrogen) atoms. The Morgan fingerprint density at radius 1 is 0.696 bits per heavy atom. The van der Waals surface area contributed by atoms with Gasteiger partial charge in [0.2, 0.25) is 35.5 Å². The lowest BCUT2D eigenvalue weighted by Crippen LogP contribution is -2.49. The summed E-state index contributed by atoms with van der Waals surface area (Å²) in [4.78, 5) is 91.9. The smallest absolute Gasteiger partial charge is 0.276 e. The molecule has 1 fully saturated rings. The van der Waals surface area contributed by atoms with Crippen molar-refractivity contribution in [3.63, 3.8) is 0 Å². The minimum atomic E-state index is -0.824. The van der Waals surface area contributed by atoms with Gasteiger partial charge in [-0.1, -0.05) is 12.2 Å². The number of benzene rings is 2. The van der Waals surface area contributed by atoms with E-state index in [0.29, 0.717) is 122 Å². The Labute approximate surface area is 456 Å². The molecule has 0 unspecified atom stereocenters. The number of methoxy groups -OCH3 is 1. The van der Waals surface area contributed by atoms with Crippen LogP contribution in [0.1, 0.15) is 100 Å². The average Bonchev–Trinajstić information content (AvgIpc) is 4.26. The van der Waals surface area contributed by atoms with Gasteiger partial charge < -0.3 is 55.5 Å². The number of nitrogens with zero attached hydrogens (tertiary/aromatic N) is 10. The van der Waals surface area contributed by atoms with Crippen molar-refractivity contribution in [2.75, 3.05) is 83.4 Å². The molecule has 26 heteroatoms. The third-order valence-corrected chi connectivity index (χ3v) is 13.1. The van der Waals surface area contributed by atoms with Gasteiger partial charge in [0.15, 0.2) is 5.79 Å². The van der Waals surface area contributed by atoms with Gasteiger partial charge in [0.1, 0.15) is 33.9 Å². The molecule has 9 N–H and O–H groups in total. The number of imidazole rings is 2. The van der Waals surface area contributed by atoms with Gasteiger partial charge in [0.05, 0.1) is 49.4 Å². The molecular formula is C53H72N16O10. The largest absolute Gasteiger partial charge is 0.494 e. The summed E-state index contributed by atoms with van der Waals surface area (Å²) in [5.74, 6) is -2.56. The molecule has 6 aromatic rings. The topological polar surface area (TPSA) is 331 Å². The first kappa shape index (κ1) is 58.5. The average molecular weight is 1090 g/mol. The lowest BCUT2D eigenvalue weighted by Gasteiger charge is -2.34. The molecule has 1 aliphatic rings. The number of fused-ring (bicyclic) bond motifs is 2. The SMILES string of the molecule is CCn1nc(C)cc1C(=O)Nc1nc2cc(C(N)=O)cc(OC)c2n1C/C=C/Cn1c(NC(=O)c2cc(C)nn2CC)nc2cc(C(N)=O)cc(OCCCN3CCN(C(=O)CCC(=O)NCCOC(C)(C)OCCN)CC3)c21. The molecule has 0 aliphatic carbocycles. The Bertz CT molecular complexity index is 3220. The number of ether oxygens (including phenoxy) is 4. The Hall–Kier alpha value is -8.20. The van der Waals surface area contributed by atoms with Gasteiger partial charge in [-0.15, -0.1) is 0 Å². The van der Waals surface area contributed by atoms with E-state index in [0.717, 1.165) is 0 Å².